The van der Waals surface area contributed by atoms with Gasteiger partial charge in [-0.3, -0.25) is 4.79 Å². The Labute approximate surface area is 137 Å². The van der Waals surface area contributed by atoms with Crippen LogP contribution in [0.3, 0.4) is 0 Å². The zero-order valence-corrected chi connectivity index (χ0v) is 13.4. The number of carboxylic acid groups (broad SMARTS) is 1. The lowest BCUT2D eigenvalue weighted by atomic mass is 10.3. The van der Waals surface area contributed by atoms with Crippen molar-refractivity contribution in [3.8, 4) is 10.6 Å². The maximum absolute atomic E-state index is 12.2. The van der Waals surface area contributed by atoms with E-state index in [1.165, 1.54) is 17.4 Å². The highest BCUT2D eigenvalue weighted by molar-refractivity contribution is 7.17. The first kappa shape index (κ1) is 17.0. The van der Waals surface area contributed by atoms with E-state index in [2.05, 4.69) is 11.9 Å². The van der Waals surface area contributed by atoms with Crippen molar-refractivity contribution in [2.45, 2.75) is 13.0 Å². The molecule has 2 N–H and O–H groups in total. The molecule has 2 aromatic heterocycles. The second kappa shape index (κ2) is 7.75. The molecule has 1 atom stereocenters. The number of hydrogen-bond donors (Lipinski definition) is 2. The summed E-state index contributed by atoms with van der Waals surface area (Å²) >= 11 is 1.23. The molecule has 0 aliphatic heterocycles. The fourth-order valence-electron chi connectivity index (χ4n) is 1.83. The van der Waals surface area contributed by atoms with Gasteiger partial charge in [0.15, 0.2) is 6.04 Å². The molecule has 0 radical (unpaired) electrons. The van der Waals surface area contributed by atoms with Gasteiger partial charge in [0.25, 0.3) is 5.91 Å². The minimum atomic E-state index is -1.15. The lowest BCUT2D eigenvalue weighted by Crippen LogP contribution is -2.43. The molecular weight excluding hydrogens is 318 g/mol. The van der Waals surface area contributed by atoms with Crippen LogP contribution < -0.4 is 5.32 Å². The van der Waals surface area contributed by atoms with E-state index in [-0.39, 0.29) is 13.2 Å². The summed E-state index contributed by atoms with van der Waals surface area (Å²) in [7, 11) is 0. The SMILES string of the molecule is C=CCOCC(NC(=O)c1ccc(-c2ccc(C)o2)s1)C(=O)O. The van der Waals surface area contributed by atoms with Crippen molar-refractivity contribution in [1.29, 1.82) is 0 Å². The Bertz CT molecular complexity index is 703. The van der Waals surface area contributed by atoms with Crippen molar-refractivity contribution >= 4 is 23.2 Å². The smallest absolute Gasteiger partial charge is 0.328 e. The molecule has 0 fully saturated rings. The number of carboxylic acids is 1. The number of aryl methyl sites for hydroxylation is 1. The van der Waals surface area contributed by atoms with Gasteiger partial charge in [-0.1, -0.05) is 6.08 Å². The van der Waals surface area contributed by atoms with E-state index >= 15 is 0 Å². The number of carbonyl (C=O) groups excluding carboxylic acids is 1. The Balaban J connectivity index is 2.03. The van der Waals surface area contributed by atoms with Crippen molar-refractivity contribution in [2.24, 2.45) is 0 Å². The number of nitrogens with one attached hydrogen (secondary N) is 1. The van der Waals surface area contributed by atoms with E-state index in [0.717, 1.165) is 10.6 Å². The van der Waals surface area contributed by atoms with Crippen LogP contribution in [-0.4, -0.2) is 36.2 Å². The number of thiophene rings is 1. The summed E-state index contributed by atoms with van der Waals surface area (Å²) in [5.41, 5.74) is 0. The second-order valence-corrected chi connectivity index (χ2v) is 5.85. The van der Waals surface area contributed by atoms with Crippen molar-refractivity contribution in [1.82, 2.24) is 5.32 Å². The first-order chi connectivity index (χ1) is 11.0. The maximum atomic E-state index is 12.2. The molecule has 23 heavy (non-hydrogen) atoms. The highest BCUT2D eigenvalue weighted by atomic mass is 32.1. The quantitative estimate of drug-likeness (QED) is 0.572. The molecule has 0 saturated carbocycles. The molecule has 0 bridgehead atoms. The molecule has 1 unspecified atom stereocenters. The van der Waals surface area contributed by atoms with Crippen LogP contribution in [0, 0.1) is 6.92 Å². The number of aliphatic carboxylic acids is 1. The van der Waals surface area contributed by atoms with E-state index in [4.69, 9.17) is 14.3 Å². The number of hydrogen-bond acceptors (Lipinski definition) is 5. The Morgan fingerprint density at radius 2 is 2.22 bits per heavy atom. The van der Waals surface area contributed by atoms with Crippen molar-refractivity contribution in [2.75, 3.05) is 13.2 Å². The van der Waals surface area contributed by atoms with Crippen LogP contribution >= 0.6 is 11.3 Å². The van der Waals surface area contributed by atoms with Gasteiger partial charge in [0.1, 0.15) is 11.5 Å². The summed E-state index contributed by atoms with van der Waals surface area (Å²) < 4.78 is 10.6. The third-order valence-electron chi connectivity index (χ3n) is 2.94. The van der Waals surface area contributed by atoms with Gasteiger partial charge in [0.05, 0.1) is 23.0 Å². The Morgan fingerprint density at radius 1 is 1.43 bits per heavy atom. The van der Waals surface area contributed by atoms with E-state index in [9.17, 15) is 9.59 Å². The van der Waals surface area contributed by atoms with Gasteiger partial charge in [-0.05, 0) is 31.2 Å². The molecule has 122 valence electrons. The molecule has 2 rings (SSSR count). The summed E-state index contributed by atoms with van der Waals surface area (Å²) in [5, 5.41) is 11.6. The molecule has 2 aromatic rings. The third kappa shape index (κ3) is 4.54. The normalized spacial score (nSPS) is 11.9. The Kier molecular flexibility index (Phi) is 5.72. The predicted molar refractivity (Wildman–Crippen MR) is 86.7 cm³/mol. The van der Waals surface area contributed by atoms with Gasteiger partial charge in [0.2, 0.25) is 0 Å². The van der Waals surface area contributed by atoms with E-state index in [1.54, 1.807) is 12.1 Å². The highest BCUT2D eigenvalue weighted by Gasteiger charge is 2.22. The fourth-order valence-corrected chi connectivity index (χ4v) is 2.70. The van der Waals surface area contributed by atoms with Gasteiger partial charge in [0, 0.05) is 0 Å². The Hall–Kier alpha value is -2.38. The molecule has 7 heteroatoms. The molecule has 0 spiro atoms. The highest BCUT2D eigenvalue weighted by Crippen LogP contribution is 2.29. The second-order valence-electron chi connectivity index (χ2n) is 4.76. The summed E-state index contributed by atoms with van der Waals surface area (Å²) in [6, 6.07) is 5.95. The summed E-state index contributed by atoms with van der Waals surface area (Å²) in [6.45, 7) is 5.42. The van der Waals surface area contributed by atoms with E-state index < -0.39 is 17.9 Å². The van der Waals surface area contributed by atoms with Crippen LogP contribution in [0.4, 0.5) is 0 Å². The maximum Gasteiger partial charge on any atom is 0.328 e. The lowest BCUT2D eigenvalue weighted by Gasteiger charge is -2.13. The molecular formula is C16H17NO5S. The van der Waals surface area contributed by atoms with Gasteiger partial charge in [-0.25, -0.2) is 4.79 Å². The topological polar surface area (TPSA) is 88.8 Å². The minimum Gasteiger partial charge on any atom is -0.480 e. The largest absolute Gasteiger partial charge is 0.480 e. The lowest BCUT2D eigenvalue weighted by molar-refractivity contribution is -0.140. The molecule has 0 aliphatic carbocycles. The monoisotopic (exact) mass is 335 g/mol. The molecule has 0 aromatic carbocycles. The van der Waals surface area contributed by atoms with Crippen molar-refractivity contribution in [3.63, 3.8) is 0 Å². The summed E-state index contributed by atoms with van der Waals surface area (Å²) in [6.07, 6.45) is 1.51. The standard InChI is InChI=1S/C16H17NO5S/c1-3-8-21-9-11(16(19)20)17-15(18)14-7-6-13(23-14)12-5-4-10(2)22-12/h3-7,11H,1,8-9H2,2H3,(H,17,18)(H,19,20). The number of furan rings is 1. The molecule has 0 saturated heterocycles. The number of carbonyl (C=O) groups is 2. The first-order valence-electron chi connectivity index (χ1n) is 6.90. The van der Waals surface area contributed by atoms with Crippen molar-refractivity contribution < 1.29 is 23.8 Å². The zero-order chi connectivity index (χ0) is 16.8. The Morgan fingerprint density at radius 3 is 2.83 bits per heavy atom. The van der Waals surface area contributed by atoms with E-state index in [1.807, 2.05) is 19.1 Å². The van der Waals surface area contributed by atoms with Crippen LogP contribution in [0.1, 0.15) is 15.4 Å². The van der Waals surface area contributed by atoms with Gasteiger partial charge < -0.3 is 19.6 Å². The third-order valence-corrected chi connectivity index (χ3v) is 4.04. The van der Waals surface area contributed by atoms with Gasteiger partial charge >= 0.3 is 5.97 Å². The van der Waals surface area contributed by atoms with Crippen LogP contribution in [0.25, 0.3) is 10.6 Å². The fraction of sp³-hybridized carbons (Fsp3) is 0.250. The van der Waals surface area contributed by atoms with Crippen LogP contribution in [0.15, 0.2) is 41.3 Å². The molecule has 6 nitrogen and oxygen atoms in total. The van der Waals surface area contributed by atoms with Crippen molar-refractivity contribution in [3.05, 3.63) is 47.6 Å². The summed E-state index contributed by atoms with van der Waals surface area (Å²) in [4.78, 5) is 24.5. The molecule has 2 heterocycles. The zero-order valence-electron chi connectivity index (χ0n) is 12.6. The number of ether oxygens (including phenoxy) is 1. The molecule has 1 amide bonds. The van der Waals surface area contributed by atoms with Crippen LogP contribution in [-0.2, 0) is 9.53 Å². The van der Waals surface area contributed by atoms with Crippen LogP contribution in [0.2, 0.25) is 0 Å². The van der Waals surface area contributed by atoms with Gasteiger partial charge in [-0.2, -0.15) is 0 Å². The number of rotatable bonds is 8. The van der Waals surface area contributed by atoms with Gasteiger partial charge in [-0.15, -0.1) is 17.9 Å². The summed E-state index contributed by atoms with van der Waals surface area (Å²) in [5.74, 6) is -0.152. The van der Waals surface area contributed by atoms with E-state index in [0.29, 0.717) is 10.6 Å². The molecule has 0 aliphatic rings. The first-order valence-corrected chi connectivity index (χ1v) is 7.72. The average Bonchev–Trinajstić information content (AvgIpc) is 3.14. The number of amides is 1. The predicted octanol–water partition coefficient (Wildman–Crippen LogP) is 2.70. The minimum absolute atomic E-state index is 0.122. The van der Waals surface area contributed by atoms with Crippen LogP contribution in [0.5, 0.6) is 0 Å². The average molecular weight is 335 g/mol.